The number of rotatable bonds is 2. The fraction of sp³-hybridized carbons (Fsp3) is 0.412. The van der Waals surface area contributed by atoms with Gasteiger partial charge in [0.25, 0.3) is 0 Å². The molecular weight excluding hydrogens is 312 g/mol. The SMILES string of the molecule is O=C(Nc1ccc(Cl)cc1)N1C2CCC1CC(n1cccn1)C2. The first-order chi connectivity index (χ1) is 11.2. The van der Waals surface area contributed by atoms with E-state index in [9.17, 15) is 4.79 Å². The molecule has 1 aromatic heterocycles. The summed E-state index contributed by atoms with van der Waals surface area (Å²) in [7, 11) is 0. The van der Waals surface area contributed by atoms with E-state index in [2.05, 4.69) is 10.4 Å². The van der Waals surface area contributed by atoms with Crippen LogP contribution in [0.1, 0.15) is 31.7 Å². The normalized spacial score (nSPS) is 26.3. The largest absolute Gasteiger partial charge is 0.322 e. The smallest absolute Gasteiger partial charge is 0.318 e. The number of hydrogen-bond acceptors (Lipinski definition) is 2. The van der Waals surface area contributed by atoms with E-state index in [4.69, 9.17) is 11.6 Å². The van der Waals surface area contributed by atoms with Crippen molar-refractivity contribution < 1.29 is 4.79 Å². The minimum absolute atomic E-state index is 0.00117. The summed E-state index contributed by atoms with van der Waals surface area (Å²) < 4.78 is 2.04. The molecule has 2 fully saturated rings. The number of amides is 2. The Kier molecular flexibility index (Phi) is 3.73. The van der Waals surface area contributed by atoms with Gasteiger partial charge in [0.05, 0.1) is 6.04 Å². The van der Waals surface area contributed by atoms with Crippen molar-refractivity contribution in [3.63, 3.8) is 0 Å². The van der Waals surface area contributed by atoms with Gasteiger partial charge in [-0.1, -0.05) is 11.6 Å². The Morgan fingerprint density at radius 3 is 2.43 bits per heavy atom. The molecule has 120 valence electrons. The van der Waals surface area contributed by atoms with E-state index in [1.807, 2.05) is 40.2 Å². The molecule has 2 atom stereocenters. The molecule has 0 radical (unpaired) electrons. The predicted molar refractivity (Wildman–Crippen MR) is 89.6 cm³/mol. The van der Waals surface area contributed by atoms with Crippen LogP contribution in [0.25, 0.3) is 0 Å². The van der Waals surface area contributed by atoms with Gasteiger partial charge in [-0.15, -0.1) is 0 Å². The molecular formula is C17H19ClN4O. The van der Waals surface area contributed by atoms with Crippen LogP contribution in [0.15, 0.2) is 42.7 Å². The van der Waals surface area contributed by atoms with Crippen LogP contribution in [0, 0.1) is 0 Å². The molecule has 2 aromatic rings. The zero-order valence-corrected chi connectivity index (χ0v) is 13.5. The van der Waals surface area contributed by atoms with Crippen molar-refractivity contribution in [2.45, 2.75) is 43.8 Å². The maximum absolute atomic E-state index is 12.7. The molecule has 0 saturated carbocycles. The number of nitrogens with zero attached hydrogens (tertiary/aromatic N) is 3. The highest BCUT2D eigenvalue weighted by molar-refractivity contribution is 6.30. The van der Waals surface area contributed by atoms with Gasteiger partial charge in [0.1, 0.15) is 0 Å². The van der Waals surface area contributed by atoms with Gasteiger partial charge in [-0.05, 0) is 56.0 Å². The number of fused-ring (bicyclic) bond motifs is 2. The number of urea groups is 1. The Balaban J connectivity index is 1.46. The van der Waals surface area contributed by atoms with Crippen molar-refractivity contribution in [2.24, 2.45) is 0 Å². The Hall–Kier alpha value is -2.01. The number of hydrogen-bond donors (Lipinski definition) is 1. The summed E-state index contributed by atoms with van der Waals surface area (Å²) in [6.45, 7) is 0. The molecule has 6 heteroatoms. The van der Waals surface area contributed by atoms with Crippen LogP contribution in [0.4, 0.5) is 10.5 Å². The lowest BCUT2D eigenvalue weighted by Gasteiger charge is -2.38. The predicted octanol–water partition coefficient (Wildman–Crippen LogP) is 3.94. The summed E-state index contributed by atoms with van der Waals surface area (Å²) in [6.07, 6.45) is 7.96. The van der Waals surface area contributed by atoms with E-state index in [0.29, 0.717) is 23.1 Å². The molecule has 2 bridgehead atoms. The van der Waals surface area contributed by atoms with Crippen molar-refractivity contribution in [2.75, 3.05) is 5.32 Å². The molecule has 2 aliphatic rings. The Labute approximate surface area is 140 Å². The second kappa shape index (κ2) is 5.89. The van der Waals surface area contributed by atoms with Crippen LogP contribution in [0.5, 0.6) is 0 Å². The van der Waals surface area contributed by atoms with Crippen LogP contribution < -0.4 is 5.32 Å². The molecule has 1 aromatic carbocycles. The summed E-state index contributed by atoms with van der Waals surface area (Å²) in [4.78, 5) is 14.7. The zero-order chi connectivity index (χ0) is 15.8. The van der Waals surface area contributed by atoms with Crippen molar-refractivity contribution >= 4 is 23.3 Å². The number of benzene rings is 1. The number of halogens is 1. The topological polar surface area (TPSA) is 50.2 Å². The Morgan fingerprint density at radius 2 is 1.83 bits per heavy atom. The lowest BCUT2D eigenvalue weighted by atomic mass is 9.98. The van der Waals surface area contributed by atoms with Gasteiger partial charge >= 0.3 is 6.03 Å². The standard InChI is InChI=1S/C17H19ClN4O/c18-12-2-4-13(5-3-12)20-17(23)22-14-6-7-15(22)11-16(10-14)21-9-1-8-19-21/h1-5,8-9,14-16H,6-7,10-11H2,(H,20,23). The van der Waals surface area contributed by atoms with Gasteiger partial charge in [0, 0.05) is 35.2 Å². The van der Waals surface area contributed by atoms with E-state index in [-0.39, 0.29) is 6.03 Å². The molecule has 2 saturated heterocycles. The highest BCUT2D eigenvalue weighted by atomic mass is 35.5. The first-order valence-corrected chi connectivity index (χ1v) is 8.42. The third-order valence-corrected chi connectivity index (χ3v) is 5.19. The lowest BCUT2D eigenvalue weighted by Crippen LogP contribution is -2.48. The van der Waals surface area contributed by atoms with E-state index >= 15 is 0 Å². The third-order valence-electron chi connectivity index (χ3n) is 4.94. The Bertz CT molecular complexity index is 671. The number of aromatic nitrogens is 2. The number of nitrogens with one attached hydrogen (secondary N) is 1. The number of carbonyl (C=O) groups is 1. The van der Waals surface area contributed by atoms with Crippen molar-refractivity contribution in [3.05, 3.63) is 47.7 Å². The zero-order valence-electron chi connectivity index (χ0n) is 12.7. The molecule has 2 aliphatic heterocycles. The van der Waals surface area contributed by atoms with E-state index in [1.54, 1.807) is 12.1 Å². The summed E-state index contributed by atoms with van der Waals surface area (Å²) >= 11 is 5.89. The minimum Gasteiger partial charge on any atom is -0.318 e. The van der Waals surface area contributed by atoms with E-state index in [0.717, 1.165) is 31.4 Å². The van der Waals surface area contributed by atoms with Gasteiger partial charge in [-0.2, -0.15) is 5.10 Å². The van der Waals surface area contributed by atoms with Gasteiger partial charge in [0.2, 0.25) is 0 Å². The van der Waals surface area contributed by atoms with E-state index < -0.39 is 0 Å². The van der Waals surface area contributed by atoms with Crippen LogP contribution in [-0.4, -0.2) is 32.8 Å². The maximum atomic E-state index is 12.7. The van der Waals surface area contributed by atoms with Crippen LogP contribution in [0.3, 0.4) is 0 Å². The second-order valence-corrected chi connectivity index (χ2v) is 6.78. The third kappa shape index (κ3) is 2.81. The number of carbonyl (C=O) groups excluding carboxylic acids is 1. The van der Waals surface area contributed by atoms with Gasteiger partial charge in [0.15, 0.2) is 0 Å². The molecule has 2 amide bonds. The number of piperidine rings is 1. The highest BCUT2D eigenvalue weighted by Gasteiger charge is 2.43. The molecule has 5 nitrogen and oxygen atoms in total. The summed E-state index contributed by atoms with van der Waals surface area (Å²) in [5.41, 5.74) is 0.785. The van der Waals surface area contributed by atoms with Crippen molar-refractivity contribution in [1.29, 1.82) is 0 Å². The second-order valence-electron chi connectivity index (χ2n) is 6.34. The van der Waals surface area contributed by atoms with Crippen molar-refractivity contribution in [1.82, 2.24) is 14.7 Å². The molecule has 0 aliphatic carbocycles. The summed E-state index contributed by atoms with van der Waals surface area (Å²) in [6, 6.07) is 10.2. The van der Waals surface area contributed by atoms with Gasteiger partial charge < -0.3 is 10.2 Å². The Morgan fingerprint density at radius 1 is 1.13 bits per heavy atom. The highest BCUT2D eigenvalue weighted by Crippen LogP contribution is 2.40. The molecule has 23 heavy (non-hydrogen) atoms. The van der Waals surface area contributed by atoms with Gasteiger partial charge in [-0.25, -0.2) is 4.79 Å². The maximum Gasteiger partial charge on any atom is 0.322 e. The first kappa shape index (κ1) is 14.6. The fourth-order valence-electron chi connectivity index (χ4n) is 3.91. The van der Waals surface area contributed by atoms with Crippen LogP contribution >= 0.6 is 11.6 Å². The van der Waals surface area contributed by atoms with Crippen molar-refractivity contribution in [3.8, 4) is 0 Å². The minimum atomic E-state index is -0.00117. The molecule has 4 rings (SSSR count). The van der Waals surface area contributed by atoms with Gasteiger partial charge in [-0.3, -0.25) is 4.68 Å². The molecule has 2 unspecified atom stereocenters. The van der Waals surface area contributed by atoms with E-state index in [1.165, 1.54) is 0 Å². The summed E-state index contributed by atoms with van der Waals surface area (Å²) in [5, 5.41) is 8.03. The quantitative estimate of drug-likeness (QED) is 0.906. The average molecular weight is 331 g/mol. The summed E-state index contributed by atoms with van der Waals surface area (Å²) in [5.74, 6) is 0. The first-order valence-electron chi connectivity index (χ1n) is 8.05. The molecule has 0 spiro atoms. The molecule has 3 heterocycles. The van der Waals surface area contributed by atoms with Crippen LogP contribution in [0.2, 0.25) is 5.02 Å². The monoisotopic (exact) mass is 330 g/mol. The lowest BCUT2D eigenvalue weighted by molar-refractivity contribution is 0.129. The van der Waals surface area contributed by atoms with Crippen LogP contribution in [-0.2, 0) is 0 Å². The average Bonchev–Trinajstić information content (AvgIpc) is 3.16. The molecule has 1 N–H and O–H groups in total. The fourth-order valence-corrected chi connectivity index (χ4v) is 4.04. The number of anilines is 1.